The van der Waals surface area contributed by atoms with Crippen LogP contribution in [0.25, 0.3) is 0 Å². The van der Waals surface area contributed by atoms with Gasteiger partial charge >= 0.3 is 0 Å². The van der Waals surface area contributed by atoms with Crippen molar-refractivity contribution >= 4 is 27.5 Å². The molecule has 1 aliphatic carbocycles. The predicted octanol–water partition coefficient (Wildman–Crippen LogP) is 2.56. The van der Waals surface area contributed by atoms with Gasteiger partial charge in [0.15, 0.2) is 0 Å². The van der Waals surface area contributed by atoms with Gasteiger partial charge in [0.2, 0.25) is 0 Å². The highest BCUT2D eigenvalue weighted by atomic mass is 79.9. The van der Waals surface area contributed by atoms with Gasteiger partial charge in [-0.15, -0.1) is 11.6 Å². The van der Waals surface area contributed by atoms with Crippen LogP contribution in [0.1, 0.15) is 19.3 Å². The van der Waals surface area contributed by atoms with Gasteiger partial charge in [0.1, 0.15) is 0 Å². The number of methoxy groups -OCH3 is 1. The summed E-state index contributed by atoms with van der Waals surface area (Å²) in [5.74, 6) is 0. The molecule has 3 heteroatoms. The molecule has 0 N–H and O–H groups in total. The van der Waals surface area contributed by atoms with Gasteiger partial charge in [0, 0.05) is 17.3 Å². The summed E-state index contributed by atoms with van der Waals surface area (Å²) in [5, 5.41) is 0.249. The van der Waals surface area contributed by atoms with Crippen LogP contribution >= 0.6 is 27.5 Å². The van der Waals surface area contributed by atoms with Gasteiger partial charge in [0.05, 0.1) is 6.10 Å². The third-order valence-electron chi connectivity index (χ3n) is 1.98. The van der Waals surface area contributed by atoms with E-state index in [4.69, 9.17) is 16.3 Å². The van der Waals surface area contributed by atoms with E-state index >= 15 is 0 Å². The van der Waals surface area contributed by atoms with Gasteiger partial charge in [-0.1, -0.05) is 15.9 Å². The number of halogens is 2. The molecule has 0 radical (unpaired) electrons. The monoisotopic (exact) mass is 226 g/mol. The zero-order chi connectivity index (χ0) is 7.56. The van der Waals surface area contributed by atoms with E-state index in [1.54, 1.807) is 7.11 Å². The lowest BCUT2D eigenvalue weighted by molar-refractivity contribution is 0.0740. The first-order valence-electron chi connectivity index (χ1n) is 3.55. The average molecular weight is 228 g/mol. The smallest absolute Gasteiger partial charge is 0.0586 e. The van der Waals surface area contributed by atoms with Crippen LogP contribution in [0.5, 0.6) is 0 Å². The second-order valence-electron chi connectivity index (χ2n) is 2.70. The van der Waals surface area contributed by atoms with Gasteiger partial charge in [-0.25, -0.2) is 0 Å². The van der Waals surface area contributed by atoms with E-state index in [1.165, 1.54) is 0 Å². The first-order valence-corrected chi connectivity index (χ1v) is 4.90. The maximum Gasteiger partial charge on any atom is 0.0586 e. The molecular weight excluding hydrogens is 215 g/mol. The largest absolute Gasteiger partial charge is 0.381 e. The van der Waals surface area contributed by atoms with Crippen molar-refractivity contribution < 1.29 is 4.74 Å². The maximum atomic E-state index is 6.01. The molecule has 3 atom stereocenters. The molecule has 60 valence electrons. The number of hydrogen-bond donors (Lipinski definition) is 0. The van der Waals surface area contributed by atoms with Gasteiger partial charge in [-0.05, 0) is 19.3 Å². The standard InChI is InChI=1S/C7H12BrClO/c1-10-5-2-3-6(8)7(9)4-5/h5-7H,2-4H2,1H3. The molecule has 1 fully saturated rings. The summed E-state index contributed by atoms with van der Waals surface area (Å²) in [6, 6.07) is 0. The van der Waals surface area contributed by atoms with E-state index in [-0.39, 0.29) is 5.38 Å². The maximum absolute atomic E-state index is 6.01. The Morgan fingerprint density at radius 3 is 2.70 bits per heavy atom. The van der Waals surface area contributed by atoms with Crippen LogP contribution < -0.4 is 0 Å². The van der Waals surface area contributed by atoms with Crippen LogP contribution in [0.3, 0.4) is 0 Å². The lowest BCUT2D eigenvalue weighted by Gasteiger charge is -2.28. The summed E-state index contributed by atoms with van der Waals surface area (Å²) in [6.07, 6.45) is 3.63. The normalized spacial score (nSPS) is 41.7. The Morgan fingerprint density at radius 2 is 2.20 bits per heavy atom. The highest BCUT2D eigenvalue weighted by Crippen LogP contribution is 2.29. The van der Waals surface area contributed by atoms with E-state index in [0.29, 0.717) is 10.9 Å². The third kappa shape index (κ3) is 2.11. The quantitative estimate of drug-likeness (QED) is 0.626. The molecule has 1 rings (SSSR count). The number of rotatable bonds is 1. The van der Waals surface area contributed by atoms with Crippen molar-refractivity contribution in [3.63, 3.8) is 0 Å². The molecule has 0 heterocycles. The zero-order valence-electron chi connectivity index (χ0n) is 6.02. The molecule has 0 saturated heterocycles. The minimum absolute atomic E-state index is 0.249. The minimum atomic E-state index is 0.249. The van der Waals surface area contributed by atoms with Crippen LogP contribution in [0.4, 0.5) is 0 Å². The topological polar surface area (TPSA) is 9.23 Å². The van der Waals surface area contributed by atoms with Crippen LogP contribution in [-0.2, 0) is 4.74 Å². The van der Waals surface area contributed by atoms with Crippen LogP contribution in [0.2, 0.25) is 0 Å². The molecule has 0 aromatic heterocycles. The third-order valence-corrected chi connectivity index (χ3v) is 3.86. The van der Waals surface area contributed by atoms with Crippen molar-refractivity contribution in [3.05, 3.63) is 0 Å². The van der Waals surface area contributed by atoms with Gasteiger partial charge in [-0.2, -0.15) is 0 Å². The molecule has 1 aliphatic rings. The Labute approximate surface area is 75.2 Å². The number of hydrogen-bond acceptors (Lipinski definition) is 1. The van der Waals surface area contributed by atoms with Crippen LogP contribution in [0.15, 0.2) is 0 Å². The fraction of sp³-hybridized carbons (Fsp3) is 1.00. The average Bonchev–Trinajstić information content (AvgIpc) is 1.95. The molecule has 1 saturated carbocycles. The van der Waals surface area contributed by atoms with Crippen molar-refractivity contribution in [2.75, 3.05) is 7.11 Å². The molecular formula is C7H12BrClO. The van der Waals surface area contributed by atoms with E-state index in [2.05, 4.69) is 15.9 Å². The summed E-state index contributed by atoms with van der Waals surface area (Å²) < 4.78 is 5.20. The minimum Gasteiger partial charge on any atom is -0.381 e. The number of ether oxygens (including phenoxy) is 1. The lowest BCUT2D eigenvalue weighted by atomic mass is 9.97. The molecule has 1 nitrogen and oxygen atoms in total. The van der Waals surface area contributed by atoms with E-state index in [1.807, 2.05) is 0 Å². The van der Waals surface area contributed by atoms with Gasteiger partial charge in [0.25, 0.3) is 0 Å². The Bertz CT molecular complexity index is 110. The Kier molecular flexibility index (Phi) is 3.47. The van der Waals surface area contributed by atoms with Gasteiger partial charge in [-0.3, -0.25) is 0 Å². The molecule has 0 aromatic carbocycles. The highest BCUT2D eigenvalue weighted by Gasteiger charge is 2.26. The second-order valence-corrected chi connectivity index (χ2v) is 4.44. The molecule has 3 unspecified atom stereocenters. The van der Waals surface area contributed by atoms with Crippen LogP contribution in [-0.4, -0.2) is 23.4 Å². The number of alkyl halides is 2. The summed E-state index contributed by atoms with van der Waals surface area (Å²) in [7, 11) is 1.75. The molecule has 0 aliphatic heterocycles. The Balaban J connectivity index is 2.33. The lowest BCUT2D eigenvalue weighted by Crippen LogP contribution is -2.29. The zero-order valence-corrected chi connectivity index (χ0v) is 8.36. The van der Waals surface area contributed by atoms with E-state index in [0.717, 1.165) is 19.3 Å². The molecule has 0 bridgehead atoms. The highest BCUT2D eigenvalue weighted by molar-refractivity contribution is 9.09. The summed E-state index contributed by atoms with van der Waals surface area (Å²) in [6.45, 7) is 0. The summed E-state index contributed by atoms with van der Waals surface area (Å²) in [4.78, 5) is 0.487. The second kappa shape index (κ2) is 3.93. The van der Waals surface area contributed by atoms with Crippen molar-refractivity contribution in [1.82, 2.24) is 0 Å². The molecule has 0 aromatic rings. The molecule has 0 spiro atoms. The fourth-order valence-corrected chi connectivity index (χ4v) is 2.06. The Hall–Kier alpha value is 0.730. The van der Waals surface area contributed by atoms with Gasteiger partial charge < -0.3 is 4.74 Å². The SMILES string of the molecule is COC1CCC(Br)C(Cl)C1. The molecule has 10 heavy (non-hydrogen) atoms. The van der Waals surface area contributed by atoms with Crippen molar-refractivity contribution in [3.8, 4) is 0 Å². The summed E-state index contributed by atoms with van der Waals surface area (Å²) in [5.41, 5.74) is 0. The first kappa shape index (κ1) is 8.82. The fourth-order valence-electron chi connectivity index (χ4n) is 1.26. The van der Waals surface area contributed by atoms with Crippen molar-refractivity contribution in [2.45, 2.75) is 35.6 Å². The Morgan fingerprint density at radius 1 is 1.50 bits per heavy atom. The van der Waals surface area contributed by atoms with Crippen LogP contribution in [0, 0.1) is 0 Å². The summed E-state index contributed by atoms with van der Waals surface area (Å²) >= 11 is 9.54. The molecule has 0 amide bonds. The van der Waals surface area contributed by atoms with E-state index in [9.17, 15) is 0 Å². The first-order chi connectivity index (χ1) is 4.74. The van der Waals surface area contributed by atoms with E-state index < -0.39 is 0 Å². The van der Waals surface area contributed by atoms with Crippen molar-refractivity contribution in [1.29, 1.82) is 0 Å². The predicted molar refractivity (Wildman–Crippen MR) is 47.0 cm³/mol. The van der Waals surface area contributed by atoms with Crippen molar-refractivity contribution in [2.24, 2.45) is 0 Å².